The van der Waals surface area contributed by atoms with Gasteiger partial charge in [0.05, 0.1) is 26.9 Å². The predicted octanol–water partition coefficient (Wildman–Crippen LogP) is 3.30. The SMILES string of the molecule is COc1cc2c(cc1OC)CN(C(=O)c1ccccc1OC)C(C)C2. The standard InChI is InChI=1S/C20H23NO4/c1-13-9-14-10-18(24-3)19(25-4)11-15(14)12-21(13)20(22)16-7-5-6-8-17(16)23-2/h5-8,10-11,13H,9,12H2,1-4H3. The van der Waals surface area contributed by atoms with Crippen molar-refractivity contribution in [3.8, 4) is 17.2 Å². The van der Waals surface area contributed by atoms with E-state index < -0.39 is 0 Å². The minimum atomic E-state index is -0.0228. The molecule has 0 aromatic heterocycles. The second kappa shape index (κ2) is 7.05. The zero-order chi connectivity index (χ0) is 18.0. The molecule has 0 fully saturated rings. The van der Waals surface area contributed by atoms with Crippen molar-refractivity contribution in [2.75, 3.05) is 21.3 Å². The van der Waals surface area contributed by atoms with E-state index in [2.05, 4.69) is 6.92 Å². The topological polar surface area (TPSA) is 48.0 Å². The molecule has 0 aliphatic carbocycles. The van der Waals surface area contributed by atoms with Crippen molar-refractivity contribution in [2.24, 2.45) is 0 Å². The molecule has 2 aromatic rings. The summed E-state index contributed by atoms with van der Waals surface area (Å²) >= 11 is 0. The van der Waals surface area contributed by atoms with Crippen LogP contribution in [0.15, 0.2) is 36.4 Å². The Kier molecular flexibility index (Phi) is 4.83. The molecule has 0 saturated carbocycles. The first kappa shape index (κ1) is 17.1. The number of benzene rings is 2. The summed E-state index contributed by atoms with van der Waals surface area (Å²) in [4.78, 5) is 14.9. The van der Waals surface area contributed by atoms with Crippen molar-refractivity contribution in [1.82, 2.24) is 4.90 Å². The third-order valence-electron chi connectivity index (χ3n) is 4.69. The first-order chi connectivity index (χ1) is 12.1. The number of para-hydroxylation sites is 1. The van der Waals surface area contributed by atoms with E-state index in [0.717, 1.165) is 17.7 Å². The van der Waals surface area contributed by atoms with Crippen molar-refractivity contribution in [1.29, 1.82) is 0 Å². The fraction of sp³-hybridized carbons (Fsp3) is 0.350. The maximum atomic E-state index is 13.1. The average molecular weight is 341 g/mol. The lowest BCUT2D eigenvalue weighted by molar-refractivity contribution is 0.0654. The van der Waals surface area contributed by atoms with Crippen molar-refractivity contribution in [3.63, 3.8) is 0 Å². The highest BCUT2D eigenvalue weighted by Crippen LogP contribution is 2.35. The van der Waals surface area contributed by atoms with E-state index in [9.17, 15) is 4.79 Å². The van der Waals surface area contributed by atoms with Crippen LogP contribution in [0.25, 0.3) is 0 Å². The molecule has 0 radical (unpaired) electrons. The zero-order valence-corrected chi connectivity index (χ0v) is 15.0. The molecule has 25 heavy (non-hydrogen) atoms. The molecule has 2 aromatic carbocycles. The van der Waals surface area contributed by atoms with E-state index in [1.807, 2.05) is 35.2 Å². The van der Waals surface area contributed by atoms with Gasteiger partial charge in [0.1, 0.15) is 5.75 Å². The molecule has 0 N–H and O–H groups in total. The van der Waals surface area contributed by atoms with E-state index in [1.54, 1.807) is 27.4 Å². The number of nitrogens with zero attached hydrogens (tertiary/aromatic N) is 1. The molecule has 132 valence electrons. The van der Waals surface area contributed by atoms with Gasteiger partial charge in [-0.05, 0) is 48.7 Å². The van der Waals surface area contributed by atoms with Crippen molar-refractivity contribution in [3.05, 3.63) is 53.1 Å². The second-order valence-corrected chi connectivity index (χ2v) is 6.16. The molecule has 5 nitrogen and oxygen atoms in total. The van der Waals surface area contributed by atoms with Crippen LogP contribution in [0.4, 0.5) is 0 Å². The number of fused-ring (bicyclic) bond motifs is 1. The van der Waals surface area contributed by atoms with Crippen LogP contribution in [-0.2, 0) is 13.0 Å². The number of methoxy groups -OCH3 is 3. The van der Waals surface area contributed by atoms with Crippen molar-refractivity contribution in [2.45, 2.75) is 25.9 Å². The van der Waals surface area contributed by atoms with E-state index in [4.69, 9.17) is 14.2 Å². The van der Waals surface area contributed by atoms with Gasteiger partial charge in [0.2, 0.25) is 0 Å². The summed E-state index contributed by atoms with van der Waals surface area (Å²) in [5, 5.41) is 0. The largest absolute Gasteiger partial charge is 0.496 e. The van der Waals surface area contributed by atoms with Crippen LogP contribution in [0, 0.1) is 0 Å². The third kappa shape index (κ3) is 3.14. The van der Waals surface area contributed by atoms with Gasteiger partial charge in [-0.25, -0.2) is 0 Å². The Morgan fingerprint density at radius 1 is 0.960 bits per heavy atom. The highest BCUT2D eigenvalue weighted by molar-refractivity contribution is 5.97. The molecular formula is C20H23NO4. The normalized spacial score (nSPS) is 16.2. The molecule has 0 spiro atoms. The van der Waals surface area contributed by atoms with Crippen LogP contribution < -0.4 is 14.2 Å². The minimum Gasteiger partial charge on any atom is -0.496 e. The van der Waals surface area contributed by atoms with Gasteiger partial charge in [-0.1, -0.05) is 12.1 Å². The molecule has 1 heterocycles. The predicted molar refractivity (Wildman–Crippen MR) is 95.6 cm³/mol. The van der Waals surface area contributed by atoms with Gasteiger partial charge >= 0.3 is 0 Å². The lowest BCUT2D eigenvalue weighted by Gasteiger charge is -2.35. The van der Waals surface area contributed by atoms with Gasteiger partial charge in [0.15, 0.2) is 11.5 Å². The Morgan fingerprint density at radius 2 is 1.56 bits per heavy atom. The molecule has 1 aliphatic heterocycles. The summed E-state index contributed by atoms with van der Waals surface area (Å²) in [5.74, 6) is 1.97. The number of hydrogen-bond acceptors (Lipinski definition) is 4. The Balaban J connectivity index is 1.94. The maximum absolute atomic E-state index is 13.1. The molecule has 5 heteroatoms. The number of carbonyl (C=O) groups is 1. The number of rotatable bonds is 4. The lowest BCUT2D eigenvalue weighted by Crippen LogP contribution is -2.42. The number of ether oxygens (including phenoxy) is 3. The van der Waals surface area contributed by atoms with E-state index in [-0.39, 0.29) is 11.9 Å². The van der Waals surface area contributed by atoms with Gasteiger partial charge < -0.3 is 19.1 Å². The summed E-state index contributed by atoms with van der Waals surface area (Å²) in [6, 6.07) is 11.4. The molecule has 1 amide bonds. The quantitative estimate of drug-likeness (QED) is 0.856. The molecule has 0 bridgehead atoms. The number of hydrogen-bond donors (Lipinski definition) is 0. The van der Waals surface area contributed by atoms with Crippen molar-refractivity contribution < 1.29 is 19.0 Å². The minimum absolute atomic E-state index is 0.0228. The Hall–Kier alpha value is -2.69. The van der Waals surface area contributed by atoms with Gasteiger partial charge in [0, 0.05) is 12.6 Å². The third-order valence-corrected chi connectivity index (χ3v) is 4.69. The highest BCUT2D eigenvalue weighted by Gasteiger charge is 2.30. The smallest absolute Gasteiger partial charge is 0.258 e. The van der Waals surface area contributed by atoms with E-state index >= 15 is 0 Å². The monoisotopic (exact) mass is 341 g/mol. The number of amides is 1. The summed E-state index contributed by atoms with van der Waals surface area (Å²) < 4.78 is 16.1. The molecule has 1 atom stereocenters. The van der Waals surface area contributed by atoms with Crippen LogP contribution in [0.3, 0.4) is 0 Å². The Labute approximate surface area is 148 Å². The second-order valence-electron chi connectivity index (χ2n) is 6.16. The van der Waals surface area contributed by atoms with Gasteiger partial charge in [-0.15, -0.1) is 0 Å². The van der Waals surface area contributed by atoms with E-state index in [0.29, 0.717) is 23.6 Å². The van der Waals surface area contributed by atoms with Gasteiger partial charge in [0.25, 0.3) is 5.91 Å². The fourth-order valence-electron chi connectivity index (χ4n) is 3.32. The van der Waals surface area contributed by atoms with Crippen LogP contribution in [0.5, 0.6) is 17.2 Å². The van der Waals surface area contributed by atoms with Crippen LogP contribution in [-0.4, -0.2) is 38.2 Å². The zero-order valence-electron chi connectivity index (χ0n) is 15.0. The van der Waals surface area contributed by atoms with Crippen LogP contribution >= 0.6 is 0 Å². The van der Waals surface area contributed by atoms with E-state index in [1.165, 1.54) is 5.56 Å². The van der Waals surface area contributed by atoms with Gasteiger partial charge in [-0.3, -0.25) is 4.79 Å². The van der Waals surface area contributed by atoms with Crippen LogP contribution in [0.2, 0.25) is 0 Å². The Morgan fingerprint density at radius 3 is 2.20 bits per heavy atom. The molecule has 1 unspecified atom stereocenters. The maximum Gasteiger partial charge on any atom is 0.258 e. The fourth-order valence-corrected chi connectivity index (χ4v) is 3.32. The average Bonchev–Trinajstić information content (AvgIpc) is 2.65. The molecule has 0 saturated heterocycles. The Bertz CT molecular complexity index is 787. The van der Waals surface area contributed by atoms with Crippen LogP contribution in [0.1, 0.15) is 28.4 Å². The highest BCUT2D eigenvalue weighted by atomic mass is 16.5. The molecular weight excluding hydrogens is 318 g/mol. The summed E-state index contributed by atoms with van der Waals surface area (Å²) in [6.45, 7) is 2.60. The van der Waals surface area contributed by atoms with Crippen molar-refractivity contribution >= 4 is 5.91 Å². The summed E-state index contributed by atoms with van der Waals surface area (Å²) in [7, 11) is 4.83. The van der Waals surface area contributed by atoms with Gasteiger partial charge in [-0.2, -0.15) is 0 Å². The molecule has 1 aliphatic rings. The summed E-state index contributed by atoms with van der Waals surface area (Å²) in [6.07, 6.45) is 0.774. The number of carbonyl (C=O) groups excluding carboxylic acids is 1. The summed E-state index contributed by atoms with van der Waals surface area (Å²) in [5.41, 5.74) is 2.86. The first-order valence-electron chi connectivity index (χ1n) is 8.26. The molecule has 3 rings (SSSR count). The first-order valence-corrected chi connectivity index (χ1v) is 8.26. The lowest BCUT2D eigenvalue weighted by atomic mass is 9.93.